The Hall–Kier alpha value is -2.71. The molecule has 0 spiro atoms. The third kappa shape index (κ3) is 3.51. The second kappa shape index (κ2) is 7.71. The van der Waals surface area contributed by atoms with Crippen molar-refractivity contribution in [3.05, 3.63) is 64.7 Å². The Labute approximate surface area is 190 Å². The third-order valence-electron chi connectivity index (χ3n) is 7.08. The molecule has 0 aliphatic heterocycles. The molecule has 0 radical (unpaired) electrons. The van der Waals surface area contributed by atoms with Crippen LogP contribution in [0.25, 0.3) is 0 Å². The molecule has 5 rings (SSSR count). The summed E-state index contributed by atoms with van der Waals surface area (Å²) >= 11 is 5.84. The normalized spacial score (nSPS) is 27.0. The fraction of sp³-hybridized carbons (Fsp3) is 0.435. The summed E-state index contributed by atoms with van der Waals surface area (Å²) in [4.78, 5) is 17.6. The number of rotatable bonds is 4. The molecule has 2 unspecified atom stereocenters. The van der Waals surface area contributed by atoms with E-state index in [-0.39, 0.29) is 16.8 Å². The van der Waals surface area contributed by atoms with Crippen molar-refractivity contribution in [3.63, 3.8) is 0 Å². The summed E-state index contributed by atoms with van der Waals surface area (Å²) in [5.74, 6) is 0.0582. The van der Waals surface area contributed by atoms with Gasteiger partial charge >= 0.3 is 0 Å². The molecule has 2 N–H and O–H groups in total. The second-order valence-corrected chi connectivity index (χ2v) is 9.55. The molecule has 1 aromatic carbocycles. The van der Waals surface area contributed by atoms with Crippen LogP contribution in [0.15, 0.2) is 36.8 Å². The zero-order valence-corrected chi connectivity index (χ0v) is 18.7. The summed E-state index contributed by atoms with van der Waals surface area (Å²) in [7, 11) is 3.65. The van der Waals surface area contributed by atoms with E-state index in [1.807, 2.05) is 13.1 Å². The number of nitrogens with one attached hydrogen (secondary N) is 1. The fourth-order valence-corrected chi connectivity index (χ4v) is 5.89. The van der Waals surface area contributed by atoms with Gasteiger partial charge in [-0.15, -0.1) is 0 Å². The molecule has 7 nitrogen and oxygen atoms in total. The maximum absolute atomic E-state index is 13.4. The molecule has 3 aromatic rings. The number of aryl methyl sites for hydroxylation is 2. The van der Waals surface area contributed by atoms with Gasteiger partial charge in [-0.25, -0.2) is 9.37 Å². The van der Waals surface area contributed by atoms with Crippen LogP contribution in [0.2, 0.25) is 5.02 Å². The quantitative estimate of drug-likeness (QED) is 0.620. The molecule has 9 heteroatoms. The number of aromatic nitrogens is 4. The lowest BCUT2D eigenvalue weighted by Gasteiger charge is -2.25. The Balaban J connectivity index is 1.33. The van der Waals surface area contributed by atoms with E-state index in [1.165, 1.54) is 18.2 Å². The highest BCUT2D eigenvalue weighted by atomic mass is 35.5. The van der Waals surface area contributed by atoms with Crippen LogP contribution < -0.4 is 5.32 Å². The van der Waals surface area contributed by atoms with Crippen LogP contribution in [0.5, 0.6) is 0 Å². The number of halogens is 2. The Bertz CT molecular complexity index is 1180. The highest BCUT2D eigenvalue weighted by molar-refractivity contribution is 6.31. The van der Waals surface area contributed by atoms with E-state index >= 15 is 0 Å². The molecular weight excluding hydrogens is 433 g/mol. The minimum Gasteiger partial charge on any atom is -0.384 e. The van der Waals surface area contributed by atoms with Crippen LogP contribution in [0.1, 0.15) is 53.5 Å². The van der Waals surface area contributed by atoms with Crippen LogP contribution in [-0.4, -0.2) is 30.3 Å². The minimum absolute atomic E-state index is 0.0439. The molecule has 32 heavy (non-hydrogen) atoms. The third-order valence-corrected chi connectivity index (χ3v) is 7.37. The number of fused-ring (bicyclic) bond motifs is 1. The van der Waals surface area contributed by atoms with Gasteiger partial charge in [-0.05, 0) is 61.8 Å². The Morgan fingerprint density at radius 1 is 1.25 bits per heavy atom. The second-order valence-electron chi connectivity index (χ2n) is 9.14. The van der Waals surface area contributed by atoms with Crippen molar-refractivity contribution < 1.29 is 14.3 Å². The molecule has 0 bridgehead atoms. The number of hydrogen-bond acceptors (Lipinski definition) is 4. The molecule has 168 valence electrons. The fourth-order valence-electron chi connectivity index (χ4n) is 5.71. The molecule has 0 saturated heterocycles. The molecule has 2 aliphatic carbocycles. The molecular formula is C23H25ClFN5O2. The van der Waals surface area contributed by atoms with Crippen LogP contribution in [0.4, 0.5) is 10.1 Å². The number of anilines is 1. The summed E-state index contributed by atoms with van der Waals surface area (Å²) < 4.78 is 16.9. The Kier molecular flexibility index (Phi) is 5.09. The number of hydrogen-bond donors (Lipinski definition) is 2. The summed E-state index contributed by atoms with van der Waals surface area (Å²) in [6.45, 7) is 0. The van der Waals surface area contributed by atoms with E-state index in [0.717, 1.165) is 24.2 Å². The van der Waals surface area contributed by atoms with Crippen LogP contribution in [0.3, 0.4) is 0 Å². The van der Waals surface area contributed by atoms with Gasteiger partial charge in [0.25, 0.3) is 5.91 Å². The average molecular weight is 458 g/mol. The highest BCUT2D eigenvalue weighted by Crippen LogP contribution is 2.56. The molecule has 2 atom stereocenters. The van der Waals surface area contributed by atoms with E-state index < -0.39 is 11.4 Å². The number of benzene rings is 1. The first-order valence-corrected chi connectivity index (χ1v) is 11.1. The molecule has 2 aromatic heterocycles. The van der Waals surface area contributed by atoms with Gasteiger partial charge < -0.3 is 15.0 Å². The summed E-state index contributed by atoms with van der Waals surface area (Å²) in [5, 5.41) is 18.2. The highest BCUT2D eigenvalue weighted by Gasteiger charge is 2.51. The Morgan fingerprint density at radius 2 is 1.97 bits per heavy atom. The van der Waals surface area contributed by atoms with Crippen LogP contribution in [-0.2, 0) is 19.7 Å². The van der Waals surface area contributed by atoms with Gasteiger partial charge in [0, 0.05) is 31.9 Å². The van der Waals surface area contributed by atoms with Crippen molar-refractivity contribution in [2.75, 3.05) is 5.32 Å². The van der Waals surface area contributed by atoms with Gasteiger partial charge in [0.2, 0.25) is 0 Å². The molecule has 2 saturated carbocycles. The average Bonchev–Trinajstić information content (AvgIpc) is 3.47. The van der Waals surface area contributed by atoms with Crippen molar-refractivity contribution in [2.45, 2.75) is 37.2 Å². The van der Waals surface area contributed by atoms with Crippen molar-refractivity contribution >= 4 is 23.2 Å². The predicted octanol–water partition coefficient (Wildman–Crippen LogP) is 3.99. The summed E-state index contributed by atoms with van der Waals surface area (Å²) in [6.07, 6.45) is 6.51. The summed E-state index contributed by atoms with van der Waals surface area (Å²) in [5.41, 5.74) is 1.71. The number of aliphatic hydroxyl groups is 1. The zero-order valence-electron chi connectivity index (χ0n) is 17.9. The van der Waals surface area contributed by atoms with Crippen LogP contribution >= 0.6 is 11.6 Å². The smallest absolute Gasteiger partial charge is 0.274 e. The first-order chi connectivity index (χ1) is 15.2. The number of nitrogens with zero attached hydrogens (tertiary/aromatic N) is 4. The van der Waals surface area contributed by atoms with E-state index in [4.69, 9.17) is 11.6 Å². The monoisotopic (exact) mass is 457 g/mol. The molecule has 2 heterocycles. The number of carbonyl (C=O) groups is 1. The molecule has 2 aliphatic rings. The van der Waals surface area contributed by atoms with E-state index in [0.29, 0.717) is 36.1 Å². The number of carbonyl (C=O) groups excluding carboxylic acids is 1. The maximum Gasteiger partial charge on any atom is 0.274 e. The SMILES string of the molecule is Cn1cnc(C2CC3CC(O)(c4ccnn4C)CC3C2)c1C(=O)Nc1ccc(F)c(Cl)c1. The zero-order chi connectivity index (χ0) is 22.6. The van der Waals surface area contributed by atoms with Gasteiger partial charge in [0.1, 0.15) is 17.1 Å². The molecule has 1 amide bonds. The maximum atomic E-state index is 13.4. The molecule has 2 fully saturated rings. The van der Waals surface area contributed by atoms with E-state index in [9.17, 15) is 14.3 Å². The van der Waals surface area contributed by atoms with Crippen LogP contribution in [0, 0.1) is 17.7 Å². The van der Waals surface area contributed by atoms with Crippen molar-refractivity contribution in [1.82, 2.24) is 19.3 Å². The van der Waals surface area contributed by atoms with Gasteiger partial charge in [0.15, 0.2) is 0 Å². The summed E-state index contributed by atoms with van der Waals surface area (Å²) in [6, 6.07) is 5.99. The Morgan fingerprint density at radius 3 is 2.59 bits per heavy atom. The standard InChI is InChI=1S/C23H25ClFN5O2/c1-29-12-26-20(21(29)22(31)28-16-3-4-18(25)17(24)9-16)13-7-14-10-23(32,11-15(14)8-13)19-5-6-27-30(19)2/h3-6,9,12-15,32H,7-8,10-11H2,1-2H3,(H,28,31). The van der Waals surface area contributed by atoms with Gasteiger partial charge in [-0.3, -0.25) is 9.48 Å². The van der Waals surface area contributed by atoms with E-state index in [1.54, 1.807) is 28.8 Å². The predicted molar refractivity (Wildman–Crippen MR) is 118 cm³/mol. The topological polar surface area (TPSA) is 85.0 Å². The first kappa shape index (κ1) is 21.2. The van der Waals surface area contributed by atoms with Gasteiger partial charge in [-0.2, -0.15) is 5.10 Å². The lowest BCUT2D eigenvalue weighted by molar-refractivity contribution is 0.0263. The van der Waals surface area contributed by atoms with Crippen molar-refractivity contribution in [3.8, 4) is 0 Å². The largest absolute Gasteiger partial charge is 0.384 e. The lowest BCUT2D eigenvalue weighted by Crippen LogP contribution is -2.26. The van der Waals surface area contributed by atoms with Crippen molar-refractivity contribution in [2.24, 2.45) is 25.9 Å². The number of imidazole rings is 1. The van der Waals surface area contributed by atoms with Gasteiger partial charge in [-0.1, -0.05) is 11.6 Å². The van der Waals surface area contributed by atoms with Crippen molar-refractivity contribution in [1.29, 1.82) is 0 Å². The first-order valence-electron chi connectivity index (χ1n) is 10.7. The van der Waals surface area contributed by atoms with Gasteiger partial charge in [0.05, 0.1) is 22.7 Å². The number of amides is 1. The lowest BCUT2D eigenvalue weighted by atomic mass is 9.90. The minimum atomic E-state index is -0.849. The van der Waals surface area contributed by atoms with E-state index in [2.05, 4.69) is 15.4 Å².